The third-order valence-corrected chi connectivity index (χ3v) is 2.95. The maximum atomic E-state index is 11.7. The lowest BCUT2D eigenvalue weighted by molar-refractivity contribution is 0.0950. The van der Waals surface area contributed by atoms with E-state index in [9.17, 15) is 4.79 Å². The molecule has 0 aliphatic rings. The number of hydrazone groups is 1. The summed E-state index contributed by atoms with van der Waals surface area (Å²) in [6.07, 6.45) is 5.96. The summed E-state index contributed by atoms with van der Waals surface area (Å²) in [5, 5.41) is 6.22. The number of carbonyl (C=O) groups excluding carboxylic acids is 1. The van der Waals surface area contributed by atoms with Crippen molar-refractivity contribution in [2.75, 3.05) is 0 Å². The fraction of sp³-hybridized carbons (Fsp3) is 0. The van der Waals surface area contributed by atoms with Crippen molar-refractivity contribution in [3.8, 4) is 0 Å². The van der Waals surface area contributed by atoms with E-state index >= 15 is 0 Å². The fourth-order valence-corrected chi connectivity index (χ4v) is 1.93. The summed E-state index contributed by atoms with van der Waals surface area (Å²) in [6.45, 7) is 0. The third-order valence-electron chi connectivity index (χ3n) is 2.95. The molecule has 5 nitrogen and oxygen atoms in total. The van der Waals surface area contributed by atoms with Gasteiger partial charge in [0.15, 0.2) is 0 Å². The van der Waals surface area contributed by atoms with Crippen LogP contribution in [0.25, 0.3) is 10.8 Å². The molecule has 0 saturated carbocycles. The SMILES string of the molecule is O=C(NN=Cc1ccc2ccccc2c1)c1cnccn1. The molecule has 0 bridgehead atoms. The Morgan fingerprint density at radius 2 is 1.95 bits per heavy atom. The van der Waals surface area contributed by atoms with Crippen LogP contribution < -0.4 is 5.43 Å². The van der Waals surface area contributed by atoms with E-state index in [-0.39, 0.29) is 11.6 Å². The number of fused-ring (bicyclic) bond motifs is 1. The lowest BCUT2D eigenvalue weighted by Gasteiger charge is -2.00. The van der Waals surface area contributed by atoms with E-state index < -0.39 is 0 Å². The molecule has 3 aromatic rings. The van der Waals surface area contributed by atoms with Gasteiger partial charge in [0.25, 0.3) is 5.91 Å². The van der Waals surface area contributed by atoms with Crippen molar-refractivity contribution >= 4 is 22.9 Å². The number of hydrogen-bond donors (Lipinski definition) is 1. The van der Waals surface area contributed by atoms with Gasteiger partial charge >= 0.3 is 0 Å². The second kappa shape index (κ2) is 5.92. The minimum absolute atomic E-state index is 0.230. The van der Waals surface area contributed by atoms with Crippen LogP contribution in [0.4, 0.5) is 0 Å². The Kier molecular flexibility index (Phi) is 3.64. The summed E-state index contributed by atoms with van der Waals surface area (Å²) >= 11 is 0. The van der Waals surface area contributed by atoms with Gasteiger partial charge in [-0.05, 0) is 22.4 Å². The number of amides is 1. The van der Waals surface area contributed by atoms with Crippen molar-refractivity contribution in [2.45, 2.75) is 0 Å². The van der Waals surface area contributed by atoms with E-state index in [0.717, 1.165) is 10.9 Å². The van der Waals surface area contributed by atoms with Crippen molar-refractivity contribution in [1.29, 1.82) is 0 Å². The molecule has 0 radical (unpaired) electrons. The zero-order valence-electron chi connectivity index (χ0n) is 11.1. The van der Waals surface area contributed by atoms with Gasteiger partial charge in [0.05, 0.1) is 12.4 Å². The molecule has 2 aromatic carbocycles. The van der Waals surface area contributed by atoms with Crippen LogP contribution in [0.2, 0.25) is 0 Å². The van der Waals surface area contributed by atoms with Gasteiger partial charge in [-0.1, -0.05) is 36.4 Å². The van der Waals surface area contributed by atoms with Crippen LogP contribution in [0.15, 0.2) is 66.2 Å². The van der Waals surface area contributed by atoms with Crippen LogP contribution in [-0.4, -0.2) is 22.1 Å². The van der Waals surface area contributed by atoms with E-state index in [0.29, 0.717) is 0 Å². The molecule has 0 fully saturated rings. The molecule has 1 amide bonds. The number of carbonyl (C=O) groups is 1. The van der Waals surface area contributed by atoms with Gasteiger partial charge in [-0.25, -0.2) is 10.4 Å². The Morgan fingerprint density at radius 3 is 2.76 bits per heavy atom. The van der Waals surface area contributed by atoms with E-state index in [2.05, 4.69) is 20.5 Å². The number of rotatable bonds is 3. The summed E-state index contributed by atoms with van der Waals surface area (Å²) in [7, 11) is 0. The maximum absolute atomic E-state index is 11.7. The molecule has 1 heterocycles. The molecule has 0 spiro atoms. The molecule has 0 aliphatic carbocycles. The fourth-order valence-electron chi connectivity index (χ4n) is 1.93. The zero-order valence-corrected chi connectivity index (χ0v) is 11.1. The average molecular weight is 276 g/mol. The smallest absolute Gasteiger partial charge is 0.265 e. The quantitative estimate of drug-likeness (QED) is 0.590. The molecule has 5 heteroatoms. The van der Waals surface area contributed by atoms with Gasteiger partial charge in [0.2, 0.25) is 0 Å². The standard InChI is InChI=1S/C16H12N4O/c21-16(15-11-17-7-8-18-15)20-19-10-12-5-6-13-3-1-2-4-14(13)9-12/h1-11H,(H,20,21). The topological polar surface area (TPSA) is 67.2 Å². The summed E-state index contributed by atoms with van der Waals surface area (Å²) in [5.41, 5.74) is 3.56. The average Bonchev–Trinajstić information content (AvgIpc) is 2.55. The van der Waals surface area contributed by atoms with Crippen LogP contribution in [0.1, 0.15) is 16.1 Å². The van der Waals surface area contributed by atoms with Crippen LogP contribution in [-0.2, 0) is 0 Å². The van der Waals surface area contributed by atoms with Crippen molar-refractivity contribution in [1.82, 2.24) is 15.4 Å². The Balaban J connectivity index is 1.71. The van der Waals surface area contributed by atoms with Gasteiger partial charge in [-0.2, -0.15) is 5.10 Å². The zero-order chi connectivity index (χ0) is 14.5. The van der Waals surface area contributed by atoms with Gasteiger partial charge in [-0.15, -0.1) is 0 Å². The second-order valence-electron chi connectivity index (χ2n) is 4.40. The molecule has 0 saturated heterocycles. The lowest BCUT2D eigenvalue weighted by Crippen LogP contribution is -2.19. The Hall–Kier alpha value is -3.08. The summed E-state index contributed by atoms with van der Waals surface area (Å²) in [4.78, 5) is 19.4. The third kappa shape index (κ3) is 3.09. The highest BCUT2D eigenvalue weighted by Gasteiger charge is 2.04. The first kappa shape index (κ1) is 12.9. The number of nitrogens with one attached hydrogen (secondary N) is 1. The van der Waals surface area contributed by atoms with Crippen molar-refractivity contribution in [2.24, 2.45) is 5.10 Å². The molecular weight excluding hydrogens is 264 g/mol. The monoisotopic (exact) mass is 276 g/mol. The molecule has 21 heavy (non-hydrogen) atoms. The van der Waals surface area contributed by atoms with Crippen molar-refractivity contribution < 1.29 is 4.79 Å². The van der Waals surface area contributed by atoms with E-state index in [1.165, 1.54) is 24.0 Å². The minimum atomic E-state index is -0.389. The van der Waals surface area contributed by atoms with Crippen molar-refractivity contribution in [3.63, 3.8) is 0 Å². The highest BCUT2D eigenvalue weighted by molar-refractivity contribution is 5.94. The molecule has 0 atom stereocenters. The molecule has 102 valence electrons. The highest BCUT2D eigenvalue weighted by atomic mass is 16.2. The summed E-state index contributed by atoms with van der Waals surface area (Å²) in [5.74, 6) is -0.389. The number of benzene rings is 2. The van der Waals surface area contributed by atoms with Crippen LogP contribution in [0.5, 0.6) is 0 Å². The molecule has 1 aromatic heterocycles. The molecule has 0 aliphatic heterocycles. The molecule has 1 N–H and O–H groups in total. The first-order chi connectivity index (χ1) is 10.3. The van der Waals surface area contributed by atoms with Crippen LogP contribution in [0.3, 0.4) is 0 Å². The number of aromatic nitrogens is 2. The van der Waals surface area contributed by atoms with Crippen molar-refractivity contribution in [3.05, 3.63) is 72.3 Å². The van der Waals surface area contributed by atoms with Gasteiger partial charge in [-0.3, -0.25) is 9.78 Å². The Bertz CT molecular complexity index is 799. The second-order valence-corrected chi connectivity index (χ2v) is 4.40. The predicted octanol–water partition coefficient (Wildman–Crippen LogP) is 2.39. The number of hydrogen-bond acceptors (Lipinski definition) is 4. The Labute approximate surface area is 121 Å². The molecular formula is C16H12N4O. The van der Waals surface area contributed by atoms with E-state index in [1.54, 1.807) is 6.21 Å². The predicted molar refractivity (Wildman–Crippen MR) is 81.0 cm³/mol. The van der Waals surface area contributed by atoms with Gasteiger partial charge in [0, 0.05) is 12.4 Å². The minimum Gasteiger partial charge on any atom is -0.265 e. The lowest BCUT2D eigenvalue weighted by atomic mass is 10.1. The highest BCUT2D eigenvalue weighted by Crippen LogP contribution is 2.14. The van der Waals surface area contributed by atoms with Crippen LogP contribution >= 0.6 is 0 Å². The number of nitrogens with zero attached hydrogens (tertiary/aromatic N) is 3. The van der Waals surface area contributed by atoms with Crippen LogP contribution in [0, 0.1) is 0 Å². The molecule has 3 rings (SSSR count). The van der Waals surface area contributed by atoms with E-state index in [4.69, 9.17) is 0 Å². The first-order valence-electron chi connectivity index (χ1n) is 6.41. The van der Waals surface area contributed by atoms with Gasteiger partial charge < -0.3 is 0 Å². The largest absolute Gasteiger partial charge is 0.291 e. The first-order valence-corrected chi connectivity index (χ1v) is 6.41. The summed E-state index contributed by atoms with van der Waals surface area (Å²) in [6, 6.07) is 14.0. The maximum Gasteiger partial charge on any atom is 0.291 e. The molecule has 0 unspecified atom stereocenters. The van der Waals surface area contributed by atoms with Gasteiger partial charge in [0.1, 0.15) is 5.69 Å². The Morgan fingerprint density at radius 1 is 1.10 bits per heavy atom. The normalized spacial score (nSPS) is 10.9. The van der Waals surface area contributed by atoms with E-state index in [1.807, 2.05) is 42.5 Å². The summed E-state index contributed by atoms with van der Waals surface area (Å²) < 4.78 is 0.